The van der Waals surface area contributed by atoms with Gasteiger partial charge in [0.25, 0.3) is 0 Å². The second kappa shape index (κ2) is 5.76. The number of anilines is 1. The molecule has 19 heavy (non-hydrogen) atoms. The number of hydrogen-bond donors (Lipinski definition) is 1. The van der Waals surface area contributed by atoms with Crippen molar-refractivity contribution in [1.82, 2.24) is 4.98 Å². The molecule has 0 radical (unpaired) electrons. The minimum absolute atomic E-state index is 0.691. The summed E-state index contributed by atoms with van der Waals surface area (Å²) in [5, 5.41) is 5.32. The maximum absolute atomic E-state index is 6.17. The fourth-order valence-electron chi connectivity index (χ4n) is 2.50. The van der Waals surface area contributed by atoms with Crippen LogP contribution in [0.15, 0.2) is 30.5 Å². The first-order valence-corrected chi connectivity index (χ1v) is 7.07. The molecule has 1 aliphatic heterocycles. The van der Waals surface area contributed by atoms with Crippen LogP contribution in [0.1, 0.15) is 12.8 Å². The number of benzene rings is 1. The van der Waals surface area contributed by atoms with Crippen LogP contribution in [0, 0.1) is 5.92 Å². The van der Waals surface area contributed by atoms with E-state index < -0.39 is 0 Å². The molecule has 2 aromatic rings. The molecule has 1 N–H and O–H groups in total. The summed E-state index contributed by atoms with van der Waals surface area (Å²) in [4.78, 5) is 4.34. The topological polar surface area (TPSA) is 34.1 Å². The van der Waals surface area contributed by atoms with Gasteiger partial charge in [-0.15, -0.1) is 0 Å². The molecule has 1 aromatic heterocycles. The van der Waals surface area contributed by atoms with E-state index in [2.05, 4.69) is 16.4 Å². The first kappa shape index (κ1) is 12.7. The maximum atomic E-state index is 6.17. The number of halogens is 1. The number of nitrogens with zero attached hydrogens (tertiary/aromatic N) is 1. The van der Waals surface area contributed by atoms with Crippen LogP contribution in [0.2, 0.25) is 5.02 Å². The van der Waals surface area contributed by atoms with E-state index in [-0.39, 0.29) is 0 Å². The van der Waals surface area contributed by atoms with Gasteiger partial charge in [-0.25, -0.2) is 0 Å². The average Bonchev–Trinajstić information content (AvgIpc) is 2.48. The van der Waals surface area contributed by atoms with Crippen LogP contribution in [0.25, 0.3) is 10.9 Å². The van der Waals surface area contributed by atoms with Gasteiger partial charge in [-0.1, -0.05) is 11.6 Å². The summed E-state index contributed by atoms with van der Waals surface area (Å²) in [5.41, 5.74) is 1.97. The van der Waals surface area contributed by atoms with E-state index in [1.54, 1.807) is 6.20 Å². The van der Waals surface area contributed by atoms with Gasteiger partial charge in [0.05, 0.1) is 10.5 Å². The molecule has 1 fully saturated rings. The Morgan fingerprint density at radius 3 is 2.95 bits per heavy atom. The van der Waals surface area contributed by atoms with E-state index in [0.717, 1.165) is 49.2 Å². The smallest absolute Gasteiger partial charge is 0.0908 e. The molecule has 0 spiro atoms. The lowest BCUT2D eigenvalue weighted by Crippen LogP contribution is -2.22. The lowest BCUT2D eigenvalue weighted by Gasteiger charge is -2.23. The zero-order chi connectivity index (χ0) is 13.1. The molecule has 0 amide bonds. The van der Waals surface area contributed by atoms with Crippen molar-refractivity contribution in [2.24, 2.45) is 5.92 Å². The summed E-state index contributed by atoms with van der Waals surface area (Å²) in [6.45, 7) is 2.75. The Morgan fingerprint density at radius 2 is 2.11 bits per heavy atom. The van der Waals surface area contributed by atoms with Gasteiger partial charge in [0.15, 0.2) is 0 Å². The van der Waals surface area contributed by atoms with Crippen LogP contribution in [0.5, 0.6) is 0 Å². The van der Waals surface area contributed by atoms with E-state index in [9.17, 15) is 0 Å². The molecule has 2 heterocycles. The molecule has 0 saturated carbocycles. The lowest BCUT2D eigenvalue weighted by atomic mass is 10.0. The number of fused-ring (bicyclic) bond motifs is 1. The third-order valence-corrected chi connectivity index (χ3v) is 3.95. The van der Waals surface area contributed by atoms with Crippen molar-refractivity contribution < 1.29 is 4.74 Å². The first-order valence-electron chi connectivity index (χ1n) is 6.69. The van der Waals surface area contributed by atoms with Gasteiger partial charge in [0.1, 0.15) is 0 Å². The molecule has 0 atom stereocenters. The molecule has 3 rings (SSSR count). The predicted octanol–water partition coefficient (Wildman–Crippen LogP) is 3.73. The zero-order valence-electron chi connectivity index (χ0n) is 10.7. The third-order valence-electron chi connectivity index (χ3n) is 3.64. The van der Waals surface area contributed by atoms with Gasteiger partial charge in [-0.3, -0.25) is 4.98 Å². The Labute approximate surface area is 117 Å². The number of aromatic nitrogens is 1. The number of pyridine rings is 1. The zero-order valence-corrected chi connectivity index (χ0v) is 11.5. The summed E-state index contributed by atoms with van der Waals surface area (Å²) in [6, 6.07) is 7.94. The maximum Gasteiger partial charge on any atom is 0.0908 e. The van der Waals surface area contributed by atoms with Gasteiger partial charge >= 0.3 is 0 Å². The molecule has 4 heteroatoms. The molecule has 1 saturated heterocycles. The van der Waals surface area contributed by atoms with Crippen molar-refractivity contribution in [3.05, 3.63) is 35.5 Å². The number of hydrogen-bond acceptors (Lipinski definition) is 3. The molecule has 3 nitrogen and oxygen atoms in total. The second-order valence-corrected chi connectivity index (χ2v) is 5.34. The summed E-state index contributed by atoms with van der Waals surface area (Å²) < 4.78 is 5.38. The molecule has 0 bridgehead atoms. The monoisotopic (exact) mass is 276 g/mol. The minimum atomic E-state index is 0.691. The highest BCUT2D eigenvalue weighted by Crippen LogP contribution is 2.28. The van der Waals surface area contributed by atoms with Crippen LogP contribution >= 0.6 is 11.6 Å². The predicted molar refractivity (Wildman–Crippen MR) is 78.8 cm³/mol. The molecular weight excluding hydrogens is 260 g/mol. The SMILES string of the molecule is Clc1ccc(NCC2CCOCC2)c2cccnc12. The highest BCUT2D eigenvalue weighted by molar-refractivity contribution is 6.35. The summed E-state index contributed by atoms with van der Waals surface area (Å²) >= 11 is 6.17. The largest absolute Gasteiger partial charge is 0.384 e. The van der Waals surface area contributed by atoms with Crippen molar-refractivity contribution in [2.45, 2.75) is 12.8 Å². The average molecular weight is 277 g/mol. The highest BCUT2D eigenvalue weighted by atomic mass is 35.5. The van der Waals surface area contributed by atoms with E-state index in [0.29, 0.717) is 10.9 Å². The highest BCUT2D eigenvalue weighted by Gasteiger charge is 2.14. The van der Waals surface area contributed by atoms with Crippen molar-refractivity contribution in [1.29, 1.82) is 0 Å². The van der Waals surface area contributed by atoms with Gasteiger partial charge in [0.2, 0.25) is 0 Å². The van der Waals surface area contributed by atoms with Crippen molar-refractivity contribution >= 4 is 28.2 Å². The van der Waals surface area contributed by atoms with Crippen LogP contribution < -0.4 is 5.32 Å². The molecule has 0 unspecified atom stereocenters. The van der Waals surface area contributed by atoms with Gasteiger partial charge < -0.3 is 10.1 Å². The first-order chi connectivity index (χ1) is 9.34. The molecule has 1 aromatic carbocycles. The molecule has 100 valence electrons. The number of ether oxygens (including phenoxy) is 1. The quantitative estimate of drug-likeness (QED) is 0.928. The van der Waals surface area contributed by atoms with E-state index in [1.165, 1.54) is 0 Å². The molecule has 1 aliphatic rings. The normalized spacial score (nSPS) is 16.7. The second-order valence-electron chi connectivity index (χ2n) is 4.93. The van der Waals surface area contributed by atoms with E-state index >= 15 is 0 Å². The molecule has 0 aliphatic carbocycles. The van der Waals surface area contributed by atoms with Crippen LogP contribution in [-0.2, 0) is 4.74 Å². The van der Waals surface area contributed by atoms with Crippen molar-refractivity contribution in [3.63, 3.8) is 0 Å². The summed E-state index contributed by atoms with van der Waals surface area (Å²) in [5.74, 6) is 0.691. The van der Waals surface area contributed by atoms with Crippen LogP contribution in [0.4, 0.5) is 5.69 Å². The Morgan fingerprint density at radius 1 is 1.26 bits per heavy atom. The minimum Gasteiger partial charge on any atom is -0.384 e. The van der Waals surface area contributed by atoms with Crippen LogP contribution in [-0.4, -0.2) is 24.7 Å². The van der Waals surface area contributed by atoms with E-state index in [1.807, 2.05) is 18.2 Å². The third kappa shape index (κ3) is 2.82. The van der Waals surface area contributed by atoms with Gasteiger partial charge in [0, 0.05) is 37.0 Å². The lowest BCUT2D eigenvalue weighted by molar-refractivity contribution is 0.0699. The van der Waals surface area contributed by atoms with Gasteiger partial charge in [-0.05, 0) is 43.0 Å². The van der Waals surface area contributed by atoms with E-state index in [4.69, 9.17) is 16.3 Å². The van der Waals surface area contributed by atoms with Crippen LogP contribution in [0.3, 0.4) is 0 Å². The summed E-state index contributed by atoms with van der Waals surface area (Å²) in [7, 11) is 0. The number of nitrogens with one attached hydrogen (secondary N) is 1. The van der Waals surface area contributed by atoms with Gasteiger partial charge in [-0.2, -0.15) is 0 Å². The Bertz CT molecular complexity index is 567. The van der Waals surface area contributed by atoms with Crippen molar-refractivity contribution in [2.75, 3.05) is 25.1 Å². The standard InChI is InChI=1S/C15H17ClN2O/c16-13-3-4-14(12-2-1-7-17-15(12)13)18-10-11-5-8-19-9-6-11/h1-4,7,11,18H,5-6,8-10H2. The fraction of sp³-hybridized carbons (Fsp3) is 0.400. The number of rotatable bonds is 3. The molecular formula is C15H17ClN2O. The van der Waals surface area contributed by atoms with Crippen molar-refractivity contribution in [3.8, 4) is 0 Å². The Hall–Kier alpha value is -1.32. The fourth-order valence-corrected chi connectivity index (χ4v) is 2.71. The Kier molecular flexibility index (Phi) is 3.85. The summed E-state index contributed by atoms with van der Waals surface area (Å²) in [6.07, 6.45) is 4.05. The Balaban J connectivity index is 1.79.